The van der Waals surface area contributed by atoms with Crippen LogP contribution in [0.1, 0.15) is 28.8 Å². The first-order valence-corrected chi connectivity index (χ1v) is 9.76. The van der Waals surface area contributed by atoms with Crippen LogP contribution in [-0.2, 0) is 21.2 Å². The number of hydrogen-bond acceptors (Lipinski definition) is 4. The Balaban J connectivity index is 1.73. The SMILES string of the molecule is CS(=O)(=O)N1CCCc2cc(C(=O)NC[C@H]3CCOC3)ccc21. The van der Waals surface area contributed by atoms with E-state index in [-0.39, 0.29) is 5.91 Å². The van der Waals surface area contributed by atoms with Crippen LogP contribution < -0.4 is 9.62 Å². The highest BCUT2D eigenvalue weighted by Gasteiger charge is 2.25. The molecule has 0 aliphatic carbocycles. The summed E-state index contributed by atoms with van der Waals surface area (Å²) in [4.78, 5) is 12.3. The maximum atomic E-state index is 12.3. The van der Waals surface area contributed by atoms with Gasteiger partial charge in [-0.05, 0) is 43.0 Å². The van der Waals surface area contributed by atoms with Crippen LogP contribution in [0.25, 0.3) is 0 Å². The zero-order chi connectivity index (χ0) is 16.4. The third kappa shape index (κ3) is 3.67. The van der Waals surface area contributed by atoms with Gasteiger partial charge < -0.3 is 10.1 Å². The summed E-state index contributed by atoms with van der Waals surface area (Å²) in [6.45, 7) is 2.58. The number of nitrogens with one attached hydrogen (secondary N) is 1. The molecule has 0 bridgehead atoms. The van der Waals surface area contributed by atoms with Gasteiger partial charge in [0.25, 0.3) is 5.91 Å². The lowest BCUT2D eigenvalue weighted by Crippen LogP contribution is -2.35. The zero-order valence-electron chi connectivity index (χ0n) is 13.2. The van der Waals surface area contributed by atoms with E-state index in [0.29, 0.717) is 36.9 Å². The van der Waals surface area contributed by atoms with Crippen molar-refractivity contribution in [3.63, 3.8) is 0 Å². The van der Waals surface area contributed by atoms with Gasteiger partial charge in [-0.25, -0.2) is 8.42 Å². The molecule has 0 unspecified atom stereocenters. The molecule has 23 heavy (non-hydrogen) atoms. The molecule has 2 aliphatic heterocycles. The average molecular weight is 338 g/mol. The van der Waals surface area contributed by atoms with Crippen molar-refractivity contribution in [2.45, 2.75) is 19.3 Å². The Labute approximate surface area is 136 Å². The number of fused-ring (bicyclic) bond motifs is 1. The monoisotopic (exact) mass is 338 g/mol. The molecule has 2 heterocycles. The van der Waals surface area contributed by atoms with Gasteiger partial charge in [0.15, 0.2) is 0 Å². The van der Waals surface area contributed by atoms with Gasteiger partial charge in [-0.15, -0.1) is 0 Å². The zero-order valence-corrected chi connectivity index (χ0v) is 14.1. The van der Waals surface area contributed by atoms with Gasteiger partial charge in [0.2, 0.25) is 10.0 Å². The molecular formula is C16H22N2O4S. The molecule has 0 aromatic heterocycles. The van der Waals surface area contributed by atoms with Gasteiger partial charge in [-0.2, -0.15) is 0 Å². The number of hydrogen-bond donors (Lipinski definition) is 1. The molecule has 1 saturated heterocycles. The molecular weight excluding hydrogens is 316 g/mol. The van der Waals surface area contributed by atoms with Crippen molar-refractivity contribution < 1.29 is 17.9 Å². The molecule has 1 aromatic rings. The van der Waals surface area contributed by atoms with E-state index in [1.807, 2.05) is 6.07 Å². The summed E-state index contributed by atoms with van der Waals surface area (Å²) in [5.41, 5.74) is 2.19. The Morgan fingerprint density at radius 2 is 2.26 bits per heavy atom. The summed E-state index contributed by atoms with van der Waals surface area (Å²) in [7, 11) is -3.27. The topological polar surface area (TPSA) is 75.7 Å². The van der Waals surface area contributed by atoms with E-state index in [9.17, 15) is 13.2 Å². The van der Waals surface area contributed by atoms with E-state index in [1.54, 1.807) is 12.1 Å². The van der Waals surface area contributed by atoms with E-state index >= 15 is 0 Å². The summed E-state index contributed by atoms with van der Waals surface area (Å²) >= 11 is 0. The van der Waals surface area contributed by atoms with Gasteiger partial charge >= 0.3 is 0 Å². The molecule has 1 atom stereocenters. The normalized spacial score (nSPS) is 21.1. The number of aryl methyl sites for hydroxylation is 1. The van der Waals surface area contributed by atoms with Gasteiger partial charge in [-0.1, -0.05) is 0 Å². The Kier molecular flexibility index (Phi) is 4.59. The summed E-state index contributed by atoms with van der Waals surface area (Å²) in [5, 5.41) is 2.94. The molecule has 1 aromatic carbocycles. The van der Waals surface area contributed by atoms with Crippen molar-refractivity contribution in [2.24, 2.45) is 5.92 Å². The molecule has 0 spiro atoms. The number of amides is 1. The van der Waals surface area contributed by atoms with E-state index in [1.165, 1.54) is 10.6 Å². The highest BCUT2D eigenvalue weighted by Crippen LogP contribution is 2.29. The second-order valence-corrected chi connectivity index (χ2v) is 8.13. The molecule has 1 amide bonds. The minimum absolute atomic E-state index is 0.115. The fourth-order valence-electron chi connectivity index (χ4n) is 3.13. The first-order chi connectivity index (χ1) is 10.9. The van der Waals surface area contributed by atoms with Crippen molar-refractivity contribution in [3.8, 4) is 0 Å². The summed E-state index contributed by atoms with van der Waals surface area (Å²) in [6, 6.07) is 5.25. The smallest absolute Gasteiger partial charge is 0.251 e. The van der Waals surface area contributed by atoms with Gasteiger partial charge in [0, 0.05) is 31.2 Å². The van der Waals surface area contributed by atoms with Crippen LogP contribution in [0.3, 0.4) is 0 Å². The van der Waals surface area contributed by atoms with Crippen molar-refractivity contribution >= 4 is 21.6 Å². The molecule has 7 heteroatoms. The largest absolute Gasteiger partial charge is 0.381 e. The molecule has 1 fully saturated rings. The van der Waals surface area contributed by atoms with Crippen LogP contribution in [0.2, 0.25) is 0 Å². The van der Waals surface area contributed by atoms with Crippen molar-refractivity contribution in [3.05, 3.63) is 29.3 Å². The first-order valence-electron chi connectivity index (χ1n) is 7.92. The Bertz CT molecular complexity index is 696. The van der Waals surface area contributed by atoms with Gasteiger partial charge in [0.05, 0.1) is 18.6 Å². The number of ether oxygens (including phenoxy) is 1. The fourth-order valence-corrected chi connectivity index (χ4v) is 4.13. The summed E-state index contributed by atoms with van der Waals surface area (Å²) < 4.78 is 30.4. The van der Waals surface area contributed by atoms with Crippen LogP contribution in [0.5, 0.6) is 0 Å². The molecule has 6 nitrogen and oxygen atoms in total. The Hall–Kier alpha value is -1.60. The third-order valence-electron chi connectivity index (χ3n) is 4.39. The van der Waals surface area contributed by atoms with Gasteiger partial charge in [-0.3, -0.25) is 9.10 Å². The highest BCUT2D eigenvalue weighted by molar-refractivity contribution is 7.92. The number of sulfonamides is 1. The van der Waals surface area contributed by atoms with Crippen LogP contribution in [0.15, 0.2) is 18.2 Å². The quantitative estimate of drug-likeness (QED) is 0.894. The third-order valence-corrected chi connectivity index (χ3v) is 5.57. The predicted octanol–water partition coefficient (Wildman–Crippen LogP) is 1.17. The molecule has 0 radical (unpaired) electrons. The maximum absolute atomic E-state index is 12.3. The van der Waals surface area contributed by atoms with E-state index in [2.05, 4.69) is 5.32 Å². The lowest BCUT2D eigenvalue weighted by atomic mass is 10.0. The fraction of sp³-hybridized carbons (Fsp3) is 0.562. The van der Waals surface area contributed by atoms with E-state index in [0.717, 1.165) is 31.4 Å². The lowest BCUT2D eigenvalue weighted by Gasteiger charge is -2.29. The van der Waals surface area contributed by atoms with Crippen molar-refractivity contribution in [1.82, 2.24) is 5.32 Å². The van der Waals surface area contributed by atoms with Crippen LogP contribution in [0, 0.1) is 5.92 Å². The number of rotatable bonds is 4. The number of carbonyl (C=O) groups excluding carboxylic acids is 1. The Morgan fingerprint density at radius 1 is 1.43 bits per heavy atom. The second kappa shape index (κ2) is 6.49. The highest BCUT2D eigenvalue weighted by atomic mass is 32.2. The maximum Gasteiger partial charge on any atom is 0.251 e. The number of anilines is 1. The van der Waals surface area contributed by atoms with Crippen LogP contribution >= 0.6 is 0 Å². The summed E-state index contributed by atoms with van der Waals surface area (Å²) in [5.74, 6) is 0.272. The van der Waals surface area contributed by atoms with Crippen LogP contribution in [-0.4, -0.2) is 46.9 Å². The average Bonchev–Trinajstić information content (AvgIpc) is 3.04. The standard InChI is InChI=1S/C16H22N2O4S/c1-23(20,21)18-7-2-3-13-9-14(4-5-15(13)18)16(19)17-10-12-6-8-22-11-12/h4-5,9,12H,2-3,6-8,10-11H2,1H3,(H,17,19)/t12-/m1/s1. The minimum atomic E-state index is -3.27. The minimum Gasteiger partial charge on any atom is -0.381 e. The predicted molar refractivity (Wildman–Crippen MR) is 88.2 cm³/mol. The van der Waals surface area contributed by atoms with E-state index in [4.69, 9.17) is 4.74 Å². The van der Waals surface area contributed by atoms with Crippen LogP contribution in [0.4, 0.5) is 5.69 Å². The second-order valence-electron chi connectivity index (χ2n) is 6.22. The number of carbonyl (C=O) groups is 1. The number of nitrogens with zero attached hydrogens (tertiary/aromatic N) is 1. The first kappa shape index (κ1) is 16.3. The van der Waals surface area contributed by atoms with Gasteiger partial charge in [0.1, 0.15) is 0 Å². The molecule has 126 valence electrons. The Morgan fingerprint density at radius 3 is 2.96 bits per heavy atom. The van der Waals surface area contributed by atoms with Crippen molar-refractivity contribution in [1.29, 1.82) is 0 Å². The summed E-state index contributed by atoms with van der Waals surface area (Å²) in [6.07, 6.45) is 3.75. The molecule has 2 aliphatic rings. The number of benzene rings is 1. The molecule has 0 saturated carbocycles. The molecule has 1 N–H and O–H groups in total. The van der Waals surface area contributed by atoms with Crippen molar-refractivity contribution in [2.75, 3.05) is 36.9 Å². The van der Waals surface area contributed by atoms with E-state index < -0.39 is 10.0 Å². The lowest BCUT2D eigenvalue weighted by molar-refractivity contribution is 0.0945. The molecule has 3 rings (SSSR count).